The Balaban J connectivity index is 2.12. The van der Waals surface area contributed by atoms with Crippen molar-refractivity contribution >= 4 is 0 Å². The van der Waals surface area contributed by atoms with Crippen LogP contribution in [0.4, 0.5) is 4.39 Å². The molecule has 0 amide bonds. The van der Waals surface area contributed by atoms with Crippen LogP contribution in [0.25, 0.3) is 11.3 Å². The first-order valence-corrected chi connectivity index (χ1v) is 6.53. The predicted molar refractivity (Wildman–Crippen MR) is 71.5 cm³/mol. The highest BCUT2D eigenvalue weighted by atomic mass is 19.1. The zero-order valence-electron chi connectivity index (χ0n) is 10.8. The van der Waals surface area contributed by atoms with Crippen molar-refractivity contribution in [2.45, 2.75) is 32.2 Å². The number of hydrogen-bond acceptors (Lipinski definition) is 2. The Morgan fingerprint density at radius 2 is 2.05 bits per heavy atom. The monoisotopic (exact) mass is 258 g/mol. The van der Waals surface area contributed by atoms with Crippen molar-refractivity contribution in [2.75, 3.05) is 0 Å². The zero-order chi connectivity index (χ0) is 13.4. The molecule has 0 bridgehead atoms. The summed E-state index contributed by atoms with van der Waals surface area (Å²) in [4.78, 5) is 16.7. The lowest BCUT2D eigenvalue weighted by atomic mass is 10.0. The van der Waals surface area contributed by atoms with Gasteiger partial charge in [-0.15, -0.1) is 0 Å². The maximum absolute atomic E-state index is 12.9. The molecule has 2 aromatic rings. The second-order valence-electron chi connectivity index (χ2n) is 5.01. The molecule has 1 aromatic heterocycles. The smallest absolute Gasteiger partial charge is 0.254 e. The summed E-state index contributed by atoms with van der Waals surface area (Å²) < 4.78 is 14.7. The van der Waals surface area contributed by atoms with Gasteiger partial charge in [0.05, 0.1) is 5.69 Å². The first-order chi connectivity index (χ1) is 9.15. The number of nitrogens with zero attached hydrogens (tertiary/aromatic N) is 2. The maximum atomic E-state index is 12.9. The Labute approximate surface area is 110 Å². The topological polar surface area (TPSA) is 34.9 Å². The quantitative estimate of drug-likeness (QED) is 0.788. The summed E-state index contributed by atoms with van der Waals surface area (Å²) >= 11 is 0. The molecule has 3 nitrogen and oxygen atoms in total. The molecule has 0 saturated heterocycles. The van der Waals surface area contributed by atoms with E-state index >= 15 is 0 Å². The van der Waals surface area contributed by atoms with Gasteiger partial charge in [-0.2, -0.15) is 0 Å². The zero-order valence-corrected chi connectivity index (χ0v) is 10.8. The van der Waals surface area contributed by atoms with Gasteiger partial charge in [0.2, 0.25) is 0 Å². The molecule has 1 aliphatic heterocycles. The van der Waals surface area contributed by atoms with Crippen molar-refractivity contribution in [1.82, 2.24) is 9.55 Å². The Bertz CT molecular complexity index is 661. The molecule has 1 aromatic carbocycles. The van der Waals surface area contributed by atoms with E-state index in [-0.39, 0.29) is 17.4 Å². The predicted octanol–water partition coefficient (Wildman–Crippen LogP) is 2.95. The number of fused-ring (bicyclic) bond motifs is 1. The molecule has 98 valence electrons. The molecule has 2 heterocycles. The van der Waals surface area contributed by atoms with Crippen molar-refractivity contribution in [3.63, 3.8) is 0 Å². The molecule has 0 aliphatic carbocycles. The van der Waals surface area contributed by atoms with Crippen molar-refractivity contribution < 1.29 is 4.39 Å². The summed E-state index contributed by atoms with van der Waals surface area (Å²) in [7, 11) is 0. The second-order valence-corrected chi connectivity index (χ2v) is 5.01. The van der Waals surface area contributed by atoms with E-state index in [2.05, 4.69) is 4.98 Å². The third-order valence-corrected chi connectivity index (χ3v) is 3.63. The van der Waals surface area contributed by atoms with E-state index in [4.69, 9.17) is 0 Å². The lowest BCUT2D eigenvalue weighted by Gasteiger charge is -2.24. The third-order valence-electron chi connectivity index (χ3n) is 3.63. The van der Waals surface area contributed by atoms with E-state index in [0.29, 0.717) is 5.69 Å². The number of rotatable bonds is 1. The van der Waals surface area contributed by atoms with Gasteiger partial charge < -0.3 is 0 Å². The van der Waals surface area contributed by atoms with Crippen molar-refractivity contribution in [3.05, 3.63) is 52.3 Å². The van der Waals surface area contributed by atoms with Gasteiger partial charge in [0, 0.05) is 24.1 Å². The Morgan fingerprint density at radius 1 is 1.32 bits per heavy atom. The molecular formula is C15H15FN2O. The third kappa shape index (κ3) is 2.18. The molecule has 19 heavy (non-hydrogen) atoms. The molecule has 1 atom stereocenters. The lowest BCUT2D eigenvalue weighted by molar-refractivity contribution is 0.405. The lowest BCUT2D eigenvalue weighted by Crippen LogP contribution is -2.30. The van der Waals surface area contributed by atoms with Crippen LogP contribution in [-0.4, -0.2) is 9.55 Å². The molecule has 3 rings (SSSR count). The Kier molecular flexibility index (Phi) is 2.93. The summed E-state index contributed by atoms with van der Waals surface area (Å²) in [5, 5.41) is 0. The standard InChI is InChI=1S/C15H15FN2O/c1-10-3-2-4-14-17-13(9-15(19)18(10)14)11-5-7-12(16)8-6-11/h5-10H,2-4H2,1H3. The fourth-order valence-corrected chi connectivity index (χ4v) is 2.64. The maximum Gasteiger partial charge on any atom is 0.254 e. The van der Waals surface area contributed by atoms with E-state index in [9.17, 15) is 9.18 Å². The minimum Gasteiger partial charge on any atom is -0.294 e. The highest BCUT2D eigenvalue weighted by molar-refractivity contribution is 5.58. The summed E-state index contributed by atoms with van der Waals surface area (Å²) in [6.07, 6.45) is 2.90. The van der Waals surface area contributed by atoms with Crippen molar-refractivity contribution in [2.24, 2.45) is 0 Å². The molecule has 4 heteroatoms. The summed E-state index contributed by atoms with van der Waals surface area (Å²) in [6, 6.07) is 7.83. The fraction of sp³-hybridized carbons (Fsp3) is 0.333. The fourth-order valence-electron chi connectivity index (χ4n) is 2.64. The van der Waals surface area contributed by atoms with Crippen molar-refractivity contribution in [3.8, 4) is 11.3 Å². The van der Waals surface area contributed by atoms with Gasteiger partial charge in [0.15, 0.2) is 0 Å². The highest BCUT2D eigenvalue weighted by Gasteiger charge is 2.19. The number of aromatic nitrogens is 2. The molecule has 0 radical (unpaired) electrons. The first-order valence-electron chi connectivity index (χ1n) is 6.53. The first kappa shape index (κ1) is 12.1. The van der Waals surface area contributed by atoms with Gasteiger partial charge in [-0.05, 0) is 44.0 Å². The average molecular weight is 258 g/mol. The van der Waals surface area contributed by atoms with Crippen LogP contribution in [0.2, 0.25) is 0 Å². The largest absolute Gasteiger partial charge is 0.294 e. The Hall–Kier alpha value is -1.97. The van der Waals surface area contributed by atoms with Crippen LogP contribution < -0.4 is 5.56 Å². The SMILES string of the molecule is CC1CCCc2nc(-c3ccc(F)cc3)cc(=O)n21. The molecule has 1 unspecified atom stereocenters. The number of halogens is 1. The van der Waals surface area contributed by atoms with Crippen LogP contribution in [0.3, 0.4) is 0 Å². The molecular weight excluding hydrogens is 243 g/mol. The highest BCUT2D eigenvalue weighted by Crippen LogP contribution is 2.23. The molecule has 0 saturated carbocycles. The minimum atomic E-state index is -0.285. The van der Waals surface area contributed by atoms with E-state index in [1.54, 1.807) is 22.8 Å². The van der Waals surface area contributed by atoms with Gasteiger partial charge in [-0.25, -0.2) is 9.37 Å². The molecule has 0 spiro atoms. The van der Waals surface area contributed by atoms with Crippen LogP contribution in [0.1, 0.15) is 31.6 Å². The molecule has 1 aliphatic rings. The van der Waals surface area contributed by atoms with Gasteiger partial charge in [0.25, 0.3) is 5.56 Å². The van der Waals surface area contributed by atoms with Gasteiger partial charge in [0.1, 0.15) is 11.6 Å². The van der Waals surface area contributed by atoms with E-state index < -0.39 is 0 Å². The van der Waals surface area contributed by atoms with Crippen LogP contribution >= 0.6 is 0 Å². The van der Waals surface area contributed by atoms with Crippen LogP contribution in [0, 0.1) is 5.82 Å². The average Bonchev–Trinajstić information content (AvgIpc) is 2.39. The number of hydrogen-bond donors (Lipinski definition) is 0. The second kappa shape index (κ2) is 4.61. The molecule has 0 fully saturated rings. The van der Waals surface area contributed by atoms with Gasteiger partial charge in [-0.3, -0.25) is 9.36 Å². The number of benzene rings is 1. The summed E-state index contributed by atoms with van der Waals surface area (Å²) in [5.74, 6) is 0.553. The van der Waals surface area contributed by atoms with E-state index in [1.165, 1.54) is 12.1 Å². The van der Waals surface area contributed by atoms with Gasteiger partial charge in [-0.1, -0.05) is 0 Å². The normalized spacial score (nSPS) is 18.1. The van der Waals surface area contributed by atoms with Crippen LogP contribution in [-0.2, 0) is 6.42 Å². The summed E-state index contributed by atoms with van der Waals surface area (Å²) in [5.41, 5.74) is 1.39. The Morgan fingerprint density at radius 3 is 2.79 bits per heavy atom. The number of aryl methyl sites for hydroxylation is 1. The minimum absolute atomic E-state index is 0.0171. The van der Waals surface area contributed by atoms with E-state index in [1.807, 2.05) is 6.92 Å². The van der Waals surface area contributed by atoms with Gasteiger partial charge >= 0.3 is 0 Å². The van der Waals surface area contributed by atoms with Crippen LogP contribution in [0.15, 0.2) is 35.1 Å². The molecule has 0 N–H and O–H groups in total. The van der Waals surface area contributed by atoms with Crippen molar-refractivity contribution in [1.29, 1.82) is 0 Å². The summed E-state index contributed by atoms with van der Waals surface area (Å²) in [6.45, 7) is 2.04. The van der Waals surface area contributed by atoms with Crippen LogP contribution in [0.5, 0.6) is 0 Å². The van der Waals surface area contributed by atoms with E-state index in [0.717, 1.165) is 30.7 Å².